The van der Waals surface area contributed by atoms with E-state index in [-0.39, 0.29) is 12.2 Å². The summed E-state index contributed by atoms with van der Waals surface area (Å²) in [5.74, 6) is -0.661. The Bertz CT molecular complexity index is 803. The third kappa shape index (κ3) is 2.52. The van der Waals surface area contributed by atoms with Crippen molar-refractivity contribution in [1.82, 2.24) is 5.32 Å². The third-order valence-corrected chi connectivity index (χ3v) is 4.49. The van der Waals surface area contributed by atoms with Crippen molar-refractivity contribution in [1.29, 1.82) is 0 Å². The van der Waals surface area contributed by atoms with Gasteiger partial charge in [0.25, 0.3) is 0 Å². The molecule has 0 saturated heterocycles. The maximum atomic E-state index is 12.6. The molecular formula is C20H21NO4. The van der Waals surface area contributed by atoms with Crippen LogP contribution in [0.4, 0.5) is 0 Å². The molecular weight excluding hydrogens is 318 g/mol. The summed E-state index contributed by atoms with van der Waals surface area (Å²) in [6.45, 7) is 3.51. The fourth-order valence-corrected chi connectivity index (χ4v) is 3.37. The molecule has 2 aromatic carbocycles. The molecule has 0 saturated carbocycles. The lowest BCUT2D eigenvalue weighted by Crippen LogP contribution is -2.54. The summed E-state index contributed by atoms with van der Waals surface area (Å²) in [4.78, 5) is 12.6. The number of esters is 1. The number of nitrogens with one attached hydrogen (secondary N) is 1. The zero-order valence-corrected chi connectivity index (χ0v) is 14.2. The second-order valence-electron chi connectivity index (χ2n) is 6.00. The molecule has 0 fully saturated rings. The molecule has 3 rings (SSSR count). The lowest BCUT2D eigenvalue weighted by atomic mass is 9.76. The average Bonchev–Trinajstić information content (AvgIpc) is 2.84. The fraction of sp³-hybridized carbons (Fsp3) is 0.250. The van der Waals surface area contributed by atoms with Crippen molar-refractivity contribution in [2.24, 2.45) is 0 Å². The first-order valence-corrected chi connectivity index (χ1v) is 8.17. The molecule has 25 heavy (non-hydrogen) atoms. The fourth-order valence-electron chi connectivity index (χ4n) is 3.37. The highest BCUT2D eigenvalue weighted by Gasteiger charge is 2.61. The standard InChI is InChI=1S/C20H21NO4/c1-3-25-18(22)17-14(2)21-20(24,16-12-8-5-9-13-16)19(17,23)15-10-6-4-7-11-15/h4-13,21,23-24H,3H2,1-2H3. The maximum absolute atomic E-state index is 12.6. The molecule has 1 heterocycles. The third-order valence-electron chi connectivity index (χ3n) is 4.49. The molecule has 5 nitrogen and oxygen atoms in total. The maximum Gasteiger partial charge on any atom is 0.339 e. The van der Waals surface area contributed by atoms with E-state index in [9.17, 15) is 15.0 Å². The topological polar surface area (TPSA) is 78.8 Å². The zero-order valence-electron chi connectivity index (χ0n) is 14.2. The lowest BCUT2D eigenvalue weighted by Gasteiger charge is -2.39. The number of hydrogen-bond acceptors (Lipinski definition) is 5. The van der Waals surface area contributed by atoms with Crippen molar-refractivity contribution in [2.45, 2.75) is 25.2 Å². The van der Waals surface area contributed by atoms with Gasteiger partial charge in [0.15, 0.2) is 5.60 Å². The molecule has 0 radical (unpaired) electrons. The van der Waals surface area contributed by atoms with Crippen LogP contribution in [0.2, 0.25) is 0 Å². The van der Waals surface area contributed by atoms with E-state index in [4.69, 9.17) is 4.74 Å². The van der Waals surface area contributed by atoms with Gasteiger partial charge in [-0.25, -0.2) is 4.79 Å². The van der Waals surface area contributed by atoms with Gasteiger partial charge < -0.3 is 20.3 Å². The van der Waals surface area contributed by atoms with E-state index in [1.165, 1.54) is 0 Å². The monoisotopic (exact) mass is 339 g/mol. The van der Waals surface area contributed by atoms with Crippen molar-refractivity contribution in [3.8, 4) is 0 Å². The van der Waals surface area contributed by atoms with Gasteiger partial charge in [-0.3, -0.25) is 0 Å². The predicted molar refractivity (Wildman–Crippen MR) is 93.1 cm³/mol. The van der Waals surface area contributed by atoms with Crippen molar-refractivity contribution in [2.75, 3.05) is 6.61 Å². The summed E-state index contributed by atoms with van der Waals surface area (Å²) in [6, 6.07) is 17.4. The van der Waals surface area contributed by atoms with Crippen LogP contribution < -0.4 is 5.32 Å². The van der Waals surface area contributed by atoms with Gasteiger partial charge >= 0.3 is 5.97 Å². The van der Waals surface area contributed by atoms with Crippen LogP contribution in [0, 0.1) is 0 Å². The Balaban J connectivity index is 2.24. The summed E-state index contributed by atoms with van der Waals surface area (Å²) in [7, 11) is 0. The minimum absolute atomic E-state index is 0.00639. The molecule has 0 aliphatic carbocycles. The van der Waals surface area contributed by atoms with Crippen LogP contribution in [-0.4, -0.2) is 22.8 Å². The van der Waals surface area contributed by atoms with Crippen molar-refractivity contribution in [3.63, 3.8) is 0 Å². The number of allylic oxidation sites excluding steroid dienone is 1. The van der Waals surface area contributed by atoms with Crippen molar-refractivity contribution >= 4 is 5.97 Å². The second-order valence-corrected chi connectivity index (χ2v) is 6.00. The van der Waals surface area contributed by atoms with Crippen LogP contribution in [0.5, 0.6) is 0 Å². The van der Waals surface area contributed by atoms with Gasteiger partial charge in [0.1, 0.15) is 0 Å². The Morgan fingerprint density at radius 2 is 1.52 bits per heavy atom. The molecule has 1 aliphatic rings. The summed E-state index contributed by atoms with van der Waals surface area (Å²) in [6.07, 6.45) is 0. The molecule has 5 heteroatoms. The van der Waals surface area contributed by atoms with Gasteiger partial charge in [0, 0.05) is 11.3 Å². The van der Waals surface area contributed by atoms with E-state index in [0.717, 1.165) is 0 Å². The second kappa shape index (κ2) is 6.35. The van der Waals surface area contributed by atoms with Crippen LogP contribution in [0.1, 0.15) is 25.0 Å². The number of rotatable bonds is 4. The van der Waals surface area contributed by atoms with Gasteiger partial charge in [-0.1, -0.05) is 60.7 Å². The SMILES string of the molecule is CCOC(=O)C1=C(C)NC(O)(c2ccccc2)C1(O)c1ccccc1. The molecule has 1 aliphatic heterocycles. The van der Waals surface area contributed by atoms with E-state index in [1.54, 1.807) is 68.4 Å². The Hall–Kier alpha value is -2.63. The lowest BCUT2D eigenvalue weighted by molar-refractivity contribution is -0.160. The first-order valence-electron chi connectivity index (χ1n) is 8.17. The van der Waals surface area contributed by atoms with Crippen molar-refractivity contribution in [3.05, 3.63) is 83.1 Å². The van der Waals surface area contributed by atoms with Crippen LogP contribution in [0.15, 0.2) is 71.9 Å². The Morgan fingerprint density at radius 3 is 2.04 bits per heavy atom. The normalized spacial score (nSPS) is 25.6. The predicted octanol–water partition coefficient (Wildman–Crippen LogP) is 2.16. The van der Waals surface area contributed by atoms with Gasteiger partial charge in [0.2, 0.25) is 5.72 Å². The molecule has 0 bridgehead atoms. The average molecular weight is 339 g/mol. The first kappa shape index (κ1) is 17.2. The molecule has 0 spiro atoms. The summed E-state index contributed by atoms with van der Waals surface area (Å²) >= 11 is 0. The zero-order chi connectivity index (χ0) is 18.1. The molecule has 2 unspecified atom stereocenters. The molecule has 130 valence electrons. The van der Waals surface area contributed by atoms with E-state index < -0.39 is 17.3 Å². The van der Waals surface area contributed by atoms with Gasteiger partial charge in [-0.2, -0.15) is 0 Å². The van der Waals surface area contributed by atoms with Gasteiger partial charge in [-0.15, -0.1) is 0 Å². The van der Waals surface area contributed by atoms with Gasteiger partial charge in [0.05, 0.1) is 12.2 Å². The number of ether oxygens (including phenoxy) is 1. The van der Waals surface area contributed by atoms with Crippen LogP contribution in [-0.2, 0) is 20.9 Å². The molecule has 2 aromatic rings. The summed E-state index contributed by atoms with van der Waals surface area (Å²) in [5.41, 5.74) is -2.68. The summed E-state index contributed by atoms with van der Waals surface area (Å²) in [5, 5.41) is 26.1. The molecule has 3 N–H and O–H groups in total. The molecule has 0 amide bonds. The van der Waals surface area contributed by atoms with Crippen molar-refractivity contribution < 1.29 is 19.7 Å². The quantitative estimate of drug-likeness (QED) is 0.744. The summed E-state index contributed by atoms with van der Waals surface area (Å²) < 4.78 is 5.13. The molecule has 2 atom stereocenters. The number of carbonyl (C=O) groups excluding carboxylic acids is 1. The minimum atomic E-state index is -1.99. The smallest absolute Gasteiger partial charge is 0.339 e. The first-order chi connectivity index (χ1) is 11.9. The largest absolute Gasteiger partial charge is 0.462 e. The number of aliphatic hydroxyl groups is 2. The molecule has 0 aromatic heterocycles. The Kier molecular flexibility index (Phi) is 4.37. The number of hydrogen-bond donors (Lipinski definition) is 3. The highest BCUT2D eigenvalue weighted by Crippen LogP contribution is 2.49. The number of benzene rings is 2. The van der Waals surface area contributed by atoms with E-state index >= 15 is 0 Å². The van der Waals surface area contributed by atoms with Crippen LogP contribution in [0.3, 0.4) is 0 Å². The van der Waals surface area contributed by atoms with E-state index in [2.05, 4.69) is 5.32 Å². The number of carbonyl (C=O) groups is 1. The Morgan fingerprint density at radius 1 is 1.00 bits per heavy atom. The minimum Gasteiger partial charge on any atom is -0.462 e. The van der Waals surface area contributed by atoms with E-state index in [0.29, 0.717) is 16.8 Å². The Labute approximate surface area is 146 Å². The van der Waals surface area contributed by atoms with Crippen LogP contribution >= 0.6 is 0 Å². The van der Waals surface area contributed by atoms with Gasteiger partial charge in [-0.05, 0) is 19.4 Å². The van der Waals surface area contributed by atoms with Crippen LogP contribution in [0.25, 0.3) is 0 Å². The highest BCUT2D eigenvalue weighted by molar-refractivity contribution is 5.93. The highest BCUT2D eigenvalue weighted by atomic mass is 16.5. The van der Waals surface area contributed by atoms with E-state index in [1.807, 2.05) is 6.07 Å².